The van der Waals surface area contributed by atoms with Gasteiger partial charge in [-0.25, -0.2) is 5.41 Å². The molecule has 0 saturated carbocycles. The largest absolute Gasteiger partial charge is 0.505 e. The molecule has 1 unspecified atom stereocenters. The SMILES string of the molecule is C=CCC[P+](=O)O.N=C=S. The molecule has 1 atom stereocenters. The van der Waals surface area contributed by atoms with Crippen LogP contribution < -0.4 is 0 Å². The van der Waals surface area contributed by atoms with Crippen LogP contribution >= 0.6 is 20.2 Å². The summed E-state index contributed by atoms with van der Waals surface area (Å²) in [5.41, 5.74) is 0. The zero-order chi connectivity index (χ0) is 8.41. The first-order valence-electron chi connectivity index (χ1n) is 2.47. The van der Waals surface area contributed by atoms with Crippen LogP contribution in [-0.4, -0.2) is 16.2 Å². The molecule has 2 N–H and O–H groups in total. The molecule has 3 nitrogen and oxygen atoms in total. The number of isothiocyanates is 1. The molecule has 0 aliphatic carbocycles. The van der Waals surface area contributed by atoms with Gasteiger partial charge < -0.3 is 0 Å². The topological polar surface area (TPSA) is 61.1 Å². The van der Waals surface area contributed by atoms with E-state index in [0.29, 0.717) is 12.6 Å². The average molecular weight is 178 g/mol. The molecule has 5 heteroatoms. The summed E-state index contributed by atoms with van der Waals surface area (Å²) in [5, 5.41) is 7.36. The summed E-state index contributed by atoms with van der Waals surface area (Å²) in [6.45, 7) is 3.39. The van der Waals surface area contributed by atoms with Crippen LogP contribution in [0.5, 0.6) is 0 Å². The predicted octanol–water partition coefficient (Wildman–Crippen LogP) is 1.97. The fraction of sp³-hybridized carbons (Fsp3) is 0.400. The zero-order valence-corrected chi connectivity index (χ0v) is 7.12. The van der Waals surface area contributed by atoms with Gasteiger partial charge in [0.15, 0.2) is 6.16 Å². The van der Waals surface area contributed by atoms with Crippen molar-refractivity contribution in [2.75, 3.05) is 6.16 Å². The third-order valence-corrected chi connectivity index (χ3v) is 1.17. The van der Waals surface area contributed by atoms with Gasteiger partial charge in [0.2, 0.25) is 0 Å². The monoisotopic (exact) mass is 178 g/mol. The van der Waals surface area contributed by atoms with Gasteiger partial charge in [-0.1, -0.05) is 6.08 Å². The van der Waals surface area contributed by atoms with Gasteiger partial charge in [-0.3, -0.25) is 0 Å². The summed E-state index contributed by atoms with van der Waals surface area (Å²) in [7, 11) is -1.93. The van der Waals surface area contributed by atoms with Gasteiger partial charge >= 0.3 is 8.03 Å². The highest BCUT2D eigenvalue weighted by Crippen LogP contribution is 2.12. The minimum Gasteiger partial charge on any atom is -0.248 e. The molecule has 0 saturated heterocycles. The standard InChI is InChI=1S/C4H7O2P.CHNS/c1-2-3-4-7(5)6;2-1-3/h2H,1,3-4H2;2H/p+1. The number of thiocarbonyl (C=S) groups is 1. The average Bonchev–Trinajstić information content (AvgIpc) is 1.85. The van der Waals surface area contributed by atoms with Gasteiger partial charge in [-0.2, -0.15) is 4.89 Å². The lowest BCUT2D eigenvalue weighted by Gasteiger charge is -1.69. The van der Waals surface area contributed by atoms with Crippen LogP contribution in [0, 0.1) is 5.41 Å². The summed E-state index contributed by atoms with van der Waals surface area (Å²) in [6, 6.07) is 0. The second-order valence-electron chi connectivity index (χ2n) is 1.26. The fourth-order valence-electron chi connectivity index (χ4n) is 0.202. The van der Waals surface area contributed by atoms with E-state index in [4.69, 9.17) is 10.3 Å². The van der Waals surface area contributed by atoms with Gasteiger partial charge in [0.1, 0.15) is 0 Å². The van der Waals surface area contributed by atoms with E-state index in [1.54, 1.807) is 11.2 Å². The van der Waals surface area contributed by atoms with Gasteiger partial charge in [0, 0.05) is 6.42 Å². The third kappa shape index (κ3) is 25.5. The molecule has 56 valence electrons. The molecule has 0 radical (unpaired) electrons. The summed E-state index contributed by atoms with van der Waals surface area (Å²) in [6.07, 6.45) is 2.61. The molecule has 0 amide bonds. The van der Waals surface area contributed by atoms with E-state index in [0.717, 1.165) is 0 Å². The zero-order valence-electron chi connectivity index (χ0n) is 5.41. The Morgan fingerprint density at radius 3 is 2.40 bits per heavy atom. The maximum Gasteiger partial charge on any atom is 0.505 e. The molecule has 0 fully saturated rings. The van der Waals surface area contributed by atoms with Crippen molar-refractivity contribution in [3.63, 3.8) is 0 Å². The molecular weight excluding hydrogens is 169 g/mol. The number of nitrogens with one attached hydrogen (secondary N) is 1. The van der Waals surface area contributed by atoms with E-state index in [-0.39, 0.29) is 0 Å². The van der Waals surface area contributed by atoms with Crippen LogP contribution in [0.4, 0.5) is 0 Å². The van der Waals surface area contributed by atoms with Crippen LogP contribution in [-0.2, 0) is 4.57 Å². The normalized spacial score (nSPS) is 8.30. The number of hydrogen-bond donors (Lipinski definition) is 2. The van der Waals surface area contributed by atoms with E-state index in [1.807, 2.05) is 0 Å². The van der Waals surface area contributed by atoms with Crippen molar-refractivity contribution in [1.82, 2.24) is 0 Å². The second kappa shape index (κ2) is 11.4. The van der Waals surface area contributed by atoms with Crippen LogP contribution in [0.1, 0.15) is 6.42 Å². The smallest absolute Gasteiger partial charge is 0.248 e. The lowest BCUT2D eigenvalue weighted by atomic mass is 10.5. The molecule has 0 rings (SSSR count). The van der Waals surface area contributed by atoms with E-state index < -0.39 is 8.03 Å². The molecule has 0 aromatic heterocycles. The Morgan fingerprint density at radius 2 is 2.30 bits per heavy atom. The number of allylic oxidation sites excluding steroid dienone is 1. The highest BCUT2D eigenvalue weighted by Gasteiger charge is 2.04. The summed E-state index contributed by atoms with van der Waals surface area (Å²) >= 11 is 3.81. The Hall–Kier alpha value is -0.400. The lowest BCUT2D eigenvalue weighted by Crippen LogP contribution is -1.69. The van der Waals surface area contributed by atoms with Crippen molar-refractivity contribution >= 4 is 25.4 Å². The van der Waals surface area contributed by atoms with Crippen LogP contribution in [0.15, 0.2) is 12.7 Å². The van der Waals surface area contributed by atoms with E-state index in [2.05, 4.69) is 18.8 Å². The lowest BCUT2D eigenvalue weighted by molar-refractivity contribution is 0.503. The maximum atomic E-state index is 9.86. The first-order chi connectivity index (χ1) is 4.68. The Labute approximate surface area is 66.1 Å². The molecule has 0 spiro atoms. The van der Waals surface area contributed by atoms with Crippen molar-refractivity contribution < 1.29 is 9.46 Å². The van der Waals surface area contributed by atoms with Crippen molar-refractivity contribution in [1.29, 1.82) is 5.41 Å². The van der Waals surface area contributed by atoms with Gasteiger partial charge in [0.25, 0.3) is 0 Å². The Balaban J connectivity index is 0. The van der Waals surface area contributed by atoms with Crippen molar-refractivity contribution in [3.8, 4) is 0 Å². The molecule has 0 aliphatic heterocycles. The van der Waals surface area contributed by atoms with E-state index in [1.165, 1.54) is 0 Å². The minimum absolute atomic E-state index is 0.346. The van der Waals surface area contributed by atoms with Crippen molar-refractivity contribution in [2.45, 2.75) is 6.42 Å². The Bertz CT molecular complexity index is 143. The van der Waals surface area contributed by atoms with Crippen LogP contribution in [0.3, 0.4) is 0 Å². The third-order valence-electron chi connectivity index (χ3n) is 0.525. The number of hydrogen-bond acceptors (Lipinski definition) is 3. The molecule has 0 aromatic carbocycles. The molecular formula is C5H9NO2PS+. The number of rotatable bonds is 3. The summed E-state index contributed by atoms with van der Waals surface area (Å²) in [5.74, 6) is 0. The first kappa shape index (κ1) is 12.3. The van der Waals surface area contributed by atoms with Crippen LogP contribution in [0.25, 0.3) is 0 Å². The molecule has 0 aliphatic rings. The van der Waals surface area contributed by atoms with Gasteiger partial charge in [-0.15, -0.1) is 6.58 Å². The maximum absolute atomic E-state index is 9.86. The molecule has 0 heterocycles. The highest BCUT2D eigenvalue weighted by molar-refractivity contribution is 7.78. The van der Waals surface area contributed by atoms with Crippen molar-refractivity contribution in [3.05, 3.63) is 12.7 Å². The summed E-state index contributed by atoms with van der Waals surface area (Å²) < 4.78 is 9.86. The van der Waals surface area contributed by atoms with Gasteiger partial charge in [-0.05, 0) is 16.8 Å². The van der Waals surface area contributed by atoms with Crippen LogP contribution in [0.2, 0.25) is 0 Å². The second-order valence-corrected chi connectivity index (χ2v) is 2.61. The van der Waals surface area contributed by atoms with Crippen molar-refractivity contribution in [2.24, 2.45) is 0 Å². The van der Waals surface area contributed by atoms with E-state index >= 15 is 0 Å². The minimum atomic E-state index is -1.93. The Kier molecular flexibility index (Phi) is 14.0. The summed E-state index contributed by atoms with van der Waals surface area (Å²) in [4.78, 5) is 8.14. The molecule has 10 heavy (non-hydrogen) atoms. The fourth-order valence-corrected chi connectivity index (χ4v) is 0.605. The highest BCUT2D eigenvalue weighted by atomic mass is 32.1. The van der Waals surface area contributed by atoms with Gasteiger partial charge in [0.05, 0.1) is 5.16 Å². The first-order valence-corrected chi connectivity index (χ1v) is 4.28. The predicted molar refractivity (Wildman–Crippen MR) is 44.8 cm³/mol. The quantitative estimate of drug-likeness (QED) is 0.300. The Morgan fingerprint density at radius 1 is 1.90 bits per heavy atom. The molecule has 0 bridgehead atoms. The molecule has 0 aromatic rings. The van der Waals surface area contributed by atoms with E-state index in [9.17, 15) is 4.57 Å².